The molecule has 1 atom stereocenters. The van der Waals surface area contributed by atoms with Gasteiger partial charge in [0, 0.05) is 12.6 Å². The molecule has 0 aromatic rings. The topological polar surface area (TPSA) is 41.1 Å². The zero-order valence-electron chi connectivity index (χ0n) is 7.77. The average Bonchev–Trinajstić information content (AvgIpc) is 1.87. The molecule has 2 amide bonds. The van der Waals surface area contributed by atoms with Gasteiger partial charge in [-0.25, -0.2) is 4.79 Å². The van der Waals surface area contributed by atoms with Crippen molar-refractivity contribution < 1.29 is 4.79 Å². The molecule has 0 aliphatic carbocycles. The first-order chi connectivity index (χ1) is 5.07. The van der Waals surface area contributed by atoms with Crippen LogP contribution in [0.1, 0.15) is 27.7 Å². The monoisotopic (exact) mass is 158 g/mol. The molecule has 0 spiro atoms. The number of rotatable bonds is 3. The van der Waals surface area contributed by atoms with Crippen LogP contribution >= 0.6 is 0 Å². The van der Waals surface area contributed by atoms with E-state index in [1.54, 1.807) is 0 Å². The summed E-state index contributed by atoms with van der Waals surface area (Å²) in [4.78, 5) is 10.9. The molecule has 0 aliphatic heterocycles. The van der Waals surface area contributed by atoms with Crippen molar-refractivity contribution in [2.75, 3.05) is 6.54 Å². The maximum Gasteiger partial charge on any atom is 0.314 e. The van der Waals surface area contributed by atoms with Crippen LogP contribution < -0.4 is 10.6 Å². The Morgan fingerprint density at radius 1 is 1.36 bits per heavy atom. The summed E-state index contributed by atoms with van der Waals surface area (Å²) in [6.45, 7) is 8.74. The van der Waals surface area contributed by atoms with Crippen molar-refractivity contribution in [2.45, 2.75) is 33.7 Å². The molecule has 66 valence electrons. The summed E-state index contributed by atoms with van der Waals surface area (Å²) in [5, 5.41) is 5.51. The maximum atomic E-state index is 10.9. The first-order valence-corrected chi connectivity index (χ1v) is 4.12. The van der Waals surface area contributed by atoms with E-state index in [0.717, 1.165) is 0 Å². The van der Waals surface area contributed by atoms with Gasteiger partial charge in [0.1, 0.15) is 0 Å². The third kappa shape index (κ3) is 4.65. The molecule has 0 rings (SSSR count). The fourth-order valence-electron chi connectivity index (χ4n) is 0.585. The average molecular weight is 158 g/mol. The molecule has 11 heavy (non-hydrogen) atoms. The van der Waals surface area contributed by atoms with Gasteiger partial charge in [-0.15, -0.1) is 0 Å². The molecule has 0 fully saturated rings. The summed E-state index contributed by atoms with van der Waals surface area (Å²) in [6, 6.07) is 0.162. The summed E-state index contributed by atoms with van der Waals surface area (Å²) >= 11 is 0. The van der Waals surface area contributed by atoms with Crippen molar-refractivity contribution in [3.8, 4) is 0 Å². The zero-order valence-corrected chi connectivity index (χ0v) is 7.77. The molecule has 0 saturated heterocycles. The van der Waals surface area contributed by atoms with Gasteiger partial charge in [0.25, 0.3) is 0 Å². The summed E-state index contributed by atoms with van der Waals surface area (Å²) in [5.74, 6) is 0.484. The van der Waals surface area contributed by atoms with Crippen LogP contribution in [0.5, 0.6) is 0 Å². The fourth-order valence-corrected chi connectivity index (χ4v) is 0.585. The lowest BCUT2D eigenvalue weighted by Gasteiger charge is -2.17. The Balaban J connectivity index is 3.57. The van der Waals surface area contributed by atoms with Crippen molar-refractivity contribution in [3.05, 3.63) is 0 Å². The highest BCUT2D eigenvalue weighted by molar-refractivity contribution is 5.74. The lowest BCUT2D eigenvalue weighted by Crippen LogP contribution is -2.42. The number of urea groups is 1. The van der Waals surface area contributed by atoms with E-state index in [1.807, 2.05) is 13.8 Å². The Hall–Kier alpha value is -0.730. The lowest BCUT2D eigenvalue weighted by molar-refractivity contribution is 0.235. The number of carbonyl (C=O) groups is 1. The van der Waals surface area contributed by atoms with E-state index in [-0.39, 0.29) is 12.1 Å². The summed E-state index contributed by atoms with van der Waals surface area (Å²) in [7, 11) is 0. The van der Waals surface area contributed by atoms with Crippen LogP contribution in [0.25, 0.3) is 0 Å². The number of carbonyl (C=O) groups excluding carboxylic acids is 1. The Bertz CT molecular complexity index is 123. The molecule has 3 nitrogen and oxygen atoms in total. The second kappa shape index (κ2) is 4.99. The maximum absolute atomic E-state index is 10.9. The largest absolute Gasteiger partial charge is 0.338 e. The van der Waals surface area contributed by atoms with Gasteiger partial charge >= 0.3 is 6.03 Å². The highest BCUT2D eigenvalue weighted by Crippen LogP contribution is 1.98. The van der Waals surface area contributed by atoms with Crippen LogP contribution in [-0.4, -0.2) is 18.6 Å². The van der Waals surface area contributed by atoms with E-state index in [1.165, 1.54) is 0 Å². The second-order valence-electron chi connectivity index (χ2n) is 3.04. The standard InChI is InChI=1S/C8H18N2O/c1-5-9-8(11)10-7(4)6(2)3/h6-7H,5H2,1-4H3,(H2,9,10,11)/t7-/m0/s1. The first kappa shape index (κ1) is 10.3. The number of nitrogens with one attached hydrogen (secondary N) is 2. The normalized spacial score (nSPS) is 12.8. The summed E-state index contributed by atoms with van der Waals surface area (Å²) < 4.78 is 0. The summed E-state index contributed by atoms with van der Waals surface area (Å²) in [5.41, 5.74) is 0. The number of amides is 2. The van der Waals surface area contributed by atoms with Crippen LogP contribution in [0.2, 0.25) is 0 Å². The van der Waals surface area contributed by atoms with Crippen LogP contribution in [0, 0.1) is 5.92 Å². The lowest BCUT2D eigenvalue weighted by atomic mass is 10.1. The quantitative estimate of drug-likeness (QED) is 0.639. The number of hydrogen-bond donors (Lipinski definition) is 2. The van der Waals surface area contributed by atoms with Gasteiger partial charge in [0.05, 0.1) is 0 Å². The molecule has 0 bridgehead atoms. The Kier molecular flexibility index (Phi) is 4.66. The van der Waals surface area contributed by atoms with E-state index in [0.29, 0.717) is 12.5 Å². The zero-order chi connectivity index (χ0) is 8.85. The van der Waals surface area contributed by atoms with Crippen molar-refractivity contribution in [1.29, 1.82) is 0 Å². The van der Waals surface area contributed by atoms with Gasteiger partial charge in [-0.1, -0.05) is 13.8 Å². The Morgan fingerprint density at radius 2 is 1.91 bits per heavy atom. The van der Waals surface area contributed by atoms with Gasteiger partial charge in [-0.2, -0.15) is 0 Å². The minimum atomic E-state index is -0.0753. The van der Waals surface area contributed by atoms with E-state index in [2.05, 4.69) is 24.5 Å². The van der Waals surface area contributed by atoms with Gasteiger partial charge in [0.15, 0.2) is 0 Å². The molecular formula is C8H18N2O. The smallest absolute Gasteiger partial charge is 0.314 e. The van der Waals surface area contributed by atoms with E-state index in [4.69, 9.17) is 0 Å². The van der Waals surface area contributed by atoms with Crippen molar-refractivity contribution in [2.24, 2.45) is 5.92 Å². The highest BCUT2D eigenvalue weighted by Gasteiger charge is 2.08. The van der Waals surface area contributed by atoms with Crippen molar-refractivity contribution in [1.82, 2.24) is 10.6 Å². The SMILES string of the molecule is CCNC(=O)N[C@@H](C)C(C)C. The number of hydrogen-bond acceptors (Lipinski definition) is 1. The van der Waals surface area contributed by atoms with E-state index >= 15 is 0 Å². The van der Waals surface area contributed by atoms with Gasteiger partial charge in [0.2, 0.25) is 0 Å². The molecule has 0 aliphatic rings. The molecular weight excluding hydrogens is 140 g/mol. The minimum absolute atomic E-state index is 0.0753. The third-order valence-corrected chi connectivity index (χ3v) is 1.70. The fraction of sp³-hybridized carbons (Fsp3) is 0.875. The Morgan fingerprint density at radius 3 is 2.27 bits per heavy atom. The van der Waals surface area contributed by atoms with Crippen LogP contribution in [0.4, 0.5) is 4.79 Å². The highest BCUT2D eigenvalue weighted by atomic mass is 16.2. The molecule has 0 radical (unpaired) electrons. The van der Waals surface area contributed by atoms with E-state index in [9.17, 15) is 4.79 Å². The van der Waals surface area contributed by atoms with E-state index < -0.39 is 0 Å². The predicted octanol–water partition coefficient (Wildman–Crippen LogP) is 1.35. The molecule has 0 aromatic carbocycles. The summed E-state index contributed by atoms with van der Waals surface area (Å²) in [6.07, 6.45) is 0. The molecule has 0 heterocycles. The van der Waals surface area contributed by atoms with Gasteiger partial charge in [-0.05, 0) is 19.8 Å². The molecule has 0 aromatic heterocycles. The second-order valence-corrected chi connectivity index (χ2v) is 3.04. The van der Waals surface area contributed by atoms with Gasteiger partial charge < -0.3 is 10.6 Å². The first-order valence-electron chi connectivity index (χ1n) is 4.12. The van der Waals surface area contributed by atoms with Crippen molar-refractivity contribution >= 4 is 6.03 Å². The molecule has 0 saturated carbocycles. The van der Waals surface area contributed by atoms with Crippen LogP contribution in [0.3, 0.4) is 0 Å². The van der Waals surface area contributed by atoms with Crippen LogP contribution in [0.15, 0.2) is 0 Å². The van der Waals surface area contributed by atoms with Crippen LogP contribution in [-0.2, 0) is 0 Å². The Labute approximate surface area is 68.6 Å². The molecule has 2 N–H and O–H groups in total. The minimum Gasteiger partial charge on any atom is -0.338 e. The third-order valence-electron chi connectivity index (χ3n) is 1.70. The molecule has 3 heteroatoms. The van der Waals surface area contributed by atoms with Gasteiger partial charge in [-0.3, -0.25) is 0 Å². The van der Waals surface area contributed by atoms with Crippen molar-refractivity contribution in [3.63, 3.8) is 0 Å². The molecule has 0 unspecified atom stereocenters. The predicted molar refractivity (Wildman–Crippen MR) is 46.5 cm³/mol.